The van der Waals surface area contributed by atoms with Crippen molar-refractivity contribution in [1.82, 2.24) is 15.4 Å². The molecule has 1 aliphatic rings. The summed E-state index contributed by atoms with van der Waals surface area (Å²) in [4.78, 5) is 14.7. The fourth-order valence-corrected chi connectivity index (χ4v) is 3.15. The van der Waals surface area contributed by atoms with Gasteiger partial charge >= 0.3 is 0 Å². The van der Waals surface area contributed by atoms with E-state index in [2.05, 4.69) is 29.2 Å². The molecule has 2 aromatic heterocycles. The molecule has 0 bridgehead atoms. The zero-order valence-electron chi connectivity index (χ0n) is 14.3. The molecule has 3 rings (SSSR count). The van der Waals surface area contributed by atoms with Gasteiger partial charge in [0.25, 0.3) is 5.91 Å². The molecule has 1 atom stereocenters. The van der Waals surface area contributed by atoms with Gasteiger partial charge in [-0.25, -0.2) is 0 Å². The van der Waals surface area contributed by atoms with Gasteiger partial charge in [-0.05, 0) is 50.4 Å². The van der Waals surface area contributed by atoms with Gasteiger partial charge in [0, 0.05) is 12.6 Å². The predicted octanol–water partition coefficient (Wildman–Crippen LogP) is 3.03. The van der Waals surface area contributed by atoms with E-state index in [1.54, 1.807) is 12.3 Å². The number of nitrogens with zero attached hydrogens (tertiary/aromatic N) is 2. The van der Waals surface area contributed by atoms with E-state index in [-0.39, 0.29) is 17.7 Å². The fourth-order valence-electron chi connectivity index (χ4n) is 3.15. The van der Waals surface area contributed by atoms with Gasteiger partial charge in [0.1, 0.15) is 5.76 Å². The lowest BCUT2D eigenvalue weighted by molar-refractivity contribution is 0.0897. The summed E-state index contributed by atoms with van der Waals surface area (Å²) in [6, 6.07) is 5.64. The Morgan fingerprint density at radius 3 is 2.83 bits per heavy atom. The average Bonchev–Trinajstić information content (AvgIpc) is 3.29. The van der Waals surface area contributed by atoms with E-state index in [1.807, 2.05) is 12.1 Å². The predicted molar refractivity (Wildman–Crippen MR) is 89.6 cm³/mol. The highest BCUT2D eigenvalue weighted by molar-refractivity contribution is 5.91. The maximum atomic E-state index is 12.3. The first kappa shape index (κ1) is 16.8. The number of carbonyl (C=O) groups excluding carboxylic acids is 1. The molecule has 1 amide bonds. The van der Waals surface area contributed by atoms with Gasteiger partial charge in [0.2, 0.25) is 5.76 Å². The molecule has 2 aromatic rings. The number of aromatic nitrogens is 1. The van der Waals surface area contributed by atoms with Crippen molar-refractivity contribution in [1.29, 1.82) is 0 Å². The van der Waals surface area contributed by atoms with Gasteiger partial charge in [-0.2, -0.15) is 0 Å². The summed E-state index contributed by atoms with van der Waals surface area (Å²) in [5, 5.41) is 6.92. The summed E-state index contributed by atoms with van der Waals surface area (Å²) in [7, 11) is 0. The van der Waals surface area contributed by atoms with Crippen molar-refractivity contribution in [3.8, 4) is 0 Å². The van der Waals surface area contributed by atoms with Crippen LogP contribution in [-0.2, 0) is 6.42 Å². The highest BCUT2D eigenvalue weighted by Gasteiger charge is 2.26. The topological polar surface area (TPSA) is 71.5 Å². The van der Waals surface area contributed by atoms with E-state index in [9.17, 15) is 4.79 Å². The van der Waals surface area contributed by atoms with Crippen molar-refractivity contribution >= 4 is 5.91 Å². The van der Waals surface area contributed by atoms with Crippen LogP contribution in [-0.4, -0.2) is 35.6 Å². The smallest absolute Gasteiger partial charge is 0.289 e. The van der Waals surface area contributed by atoms with Gasteiger partial charge in [-0.1, -0.05) is 19.0 Å². The summed E-state index contributed by atoms with van der Waals surface area (Å²) in [6.45, 7) is 6.77. The van der Waals surface area contributed by atoms with Gasteiger partial charge in [-0.3, -0.25) is 9.69 Å². The Kier molecular flexibility index (Phi) is 5.35. The lowest BCUT2D eigenvalue weighted by Crippen LogP contribution is -2.36. The maximum absolute atomic E-state index is 12.3. The number of carbonyl (C=O) groups is 1. The molecule has 0 aliphatic carbocycles. The Morgan fingerprint density at radius 1 is 1.38 bits per heavy atom. The second-order valence-corrected chi connectivity index (χ2v) is 6.76. The first-order valence-corrected chi connectivity index (χ1v) is 8.64. The normalized spacial score (nSPS) is 16.6. The molecule has 24 heavy (non-hydrogen) atoms. The van der Waals surface area contributed by atoms with Gasteiger partial charge in [-0.15, -0.1) is 0 Å². The van der Waals surface area contributed by atoms with Crippen LogP contribution < -0.4 is 5.32 Å². The van der Waals surface area contributed by atoms with Crippen LogP contribution in [0.5, 0.6) is 0 Å². The lowest BCUT2D eigenvalue weighted by Gasteiger charge is -2.25. The highest BCUT2D eigenvalue weighted by Crippen LogP contribution is 2.25. The van der Waals surface area contributed by atoms with Crippen LogP contribution in [0.3, 0.4) is 0 Å². The Morgan fingerprint density at radius 2 is 2.17 bits per heavy atom. The largest absolute Gasteiger partial charge is 0.468 e. The SMILES string of the molecule is CC(C)Cc1cc(C(=O)NC[C@H](c2ccco2)N2CCCC2)on1. The van der Waals surface area contributed by atoms with E-state index in [0.717, 1.165) is 31.0 Å². The molecule has 1 aliphatic heterocycles. The second-order valence-electron chi connectivity index (χ2n) is 6.76. The molecule has 130 valence electrons. The molecule has 0 aromatic carbocycles. The maximum Gasteiger partial charge on any atom is 0.289 e. The van der Waals surface area contributed by atoms with E-state index >= 15 is 0 Å². The minimum absolute atomic E-state index is 0.0597. The minimum Gasteiger partial charge on any atom is -0.468 e. The Labute approximate surface area is 142 Å². The van der Waals surface area contributed by atoms with Gasteiger partial charge in [0.05, 0.1) is 18.0 Å². The lowest BCUT2D eigenvalue weighted by atomic mass is 10.1. The van der Waals surface area contributed by atoms with E-state index in [1.165, 1.54) is 12.8 Å². The third-order valence-electron chi connectivity index (χ3n) is 4.31. The summed E-state index contributed by atoms with van der Waals surface area (Å²) in [5.41, 5.74) is 0.817. The van der Waals surface area contributed by atoms with E-state index in [0.29, 0.717) is 12.5 Å². The molecular weight excluding hydrogens is 306 g/mol. The van der Waals surface area contributed by atoms with Gasteiger partial charge < -0.3 is 14.3 Å². The summed E-state index contributed by atoms with van der Waals surface area (Å²) in [6.07, 6.45) is 4.85. The summed E-state index contributed by atoms with van der Waals surface area (Å²) in [5.74, 6) is 1.40. The standard InChI is InChI=1S/C18H25N3O3/c1-13(2)10-14-11-17(24-20-14)18(22)19-12-15(16-6-5-9-23-16)21-7-3-4-8-21/h5-6,9,11,13,15H,3-4,7-8,10,12H2,1-2H3,(H,19,22)/t15-/m1/s1. The molecule has 6 heteroatoms. The zero-order valence-corrected chi connectivity index (χ0v) is 14.3. The fraction of sp³-hybridized carbons (Fsp3) is 0.556. The van der Waals surface area contributed by atoms with Crippen LogP contribution >= 0.6 is 0 Å². The minimum atomic E-state index is -0.228. The molecule has 3 heterocycles. The van der Waals surface area contributed by atoms with Crippen LogP contribution in [0.4, 0.5) is 0 Å². The van der Waals surface area contributed by atoms with Crippen LogP contribution in [0.1, 0.15) is 54.7 Å². The first-order chi connectivity index (χ1) is 11.6. The van der Waals surface area contributed by atoms with E-state index in [4.69, 9.17) is 8.94 Å². The number of nitrogens with one attached hydrogen (secondary N) is 1. The summed E-state index contributed by atoms with van der Waals surface area (Å²) >= 11 is 0. The van der Waals surface area contributed by atoms with E-state index < -0.39 is 0 Å². The molecule has 0 unspecified atom stereocenters. The zero-order chi connectivity index (χ0) is 16.9. The van der Waals surface area contributed by atoms with Crippen molar-refractivity contribution in [3.63, 3.8) is 0 Å². The molecule has 6 nitrogen and oxygen atoms in total. The number of furan rings is 1. The van der Waals surface area contributed by atoms with Gasteiger partial charge in [0.15, 0.2) is 0 Å². The number of hydrogen-bond donors (Lipinski definition) is 1. The van der Waals surface area contributed by atoms with Crippen molar-refractivity contribution in [2.24, 2.45) is 5.92 Å². The van der Waals surface area contributed by atoms with Crippen LogP contribution in [0.15, 0.2) is 33.4 Å². The third-order valence-corrected chi connectivity index (χ3v) is 4.31. The summed E-state index contributed by atoms with van der Waals surface area (Å²) < 4.78 is 10.7. The van der Waals surface area contributed by atoms with Crippen molar-refractivity contribution in [2.75, 3.05) is 19.6 Å². The molecule has 1 saturated heterocycles. The molecule has 1 N–H and O–H groups in total. The monoisotopic (exact) mass is 331 g/mol. The number of rotatable bonds is 7. The first-order valence-electron chi connectivity index (χ1n) is 8.64. The Bertz CT molecular complexity index is 642. The van der Waals surface area contributed by atoms with Crippen molar-refractivity contribution < 1.29 is 13.7 Å². The number of hydrogen-bond acceptors (Lipinski definition) is 5. The van der Waals surface area contributed by atoms with Crippen molar-refractivity contribution in [2.45, 2.75) is 39.2 Å². The third kappa shape index (κ3) is 4.06. The average molecular weight is 331 g/mol. The quantitative estimate of drug-likeness (QED) is 0.844. The number of amides is 1. The molecule has 0 spiro atoms. The molecule has 0 radical (unpaired) electrons. The number of likely N-dealkylation sites (tertiary alicyclic amines) is 1. The Balaban J connectivity index is 1.61. The molecule has 1 fully saturated rings. The Hall–Kier alpha value is -2.08. The molecular formula is C18H25N3O3. The highest BCUT2D eigenvalue weighted by atomic mass is 16.5. The molecule has 0 saturated carbocycles. The second kappa shape index (κ2) is 7.66. The van der Waals surface area contributed by atoms with Crippen LogP contribution in [0.2, 0.25) is 0 Å². The van der Waals surface area contributed by atoms with Crippen molar-refractivity contribution in [3.05, 3.63) is 41.7 Å². The van der Waals surface area contributed by atoms with Crippen LogP contribution in [0, 0.1) is 5.92 Å². The van der Waals surface area contributed by atoms with Crippen LogP contribution in [0.25, 0.3) is 0 Å².